The minimum absolute atomic E-state index is 0.349. The molecule has 0 spiro atoms. The largest absolute Gasteiger partial charge is 0.488 e. The van der Waals surface area contributed by atoms with Gasteiger partial charge in [0.1, 0.15) is 12.4 Å². The van der Waals surface area contributed by atoms with Crippen LogP contribution in [-0.4, -0.2) is 5.91 Å². The predicted molar refractivity (Wildman–Crippen MR) is 78.4 cm³/mol. The van der Waals surface area contributed by atoms with Gasteiger partial charge in [-0.25, -0.2) is 0 Å². The second-order valence-corrected chi connectivity index (χ2v) is 5.22. The van der Waals surface area contributed by atoms with Crippen LogP contribution in [0.15, 0.2) is 46.9 Å². The Kier molecular flexibility index (Phi) is 4.45. The van der Waals surface area contributed by atoms with Crippen molar-refractivity contribution in [2.45, 2.75) is 6.61 Å². The van der Waals surface area contributed by atoms with Crippen molar-refractivity contribution < 1.29 is 9.53 Å². The molecule has 2 aromatic carbocycles. The second-order valence-electron chi connectivity index (χ2n) is 3.93. The summed E-state index contributed by atoms with van der Waals surface area (Å²) in [7, 11) is 0. The van der Waals surface area contributed by atoms with E-state index in [2.05, 4.69) is 15.9 Å². The summed E-state index contributed by atoms with van der Waals surface area (Å²) in [5.41, 5.74) is 6.57. The highest BCUT2D eigenvalue weighted by Gasteiger charge is 2.04. The Morgan fingerprint density at radius 2 is 2.05 bits per heavy atom. The van der Waals surface area contributed by atoms with Crippen molar-refractivity contribution in [3.05, 3.63) is 63.1 Å². The topological polar surface area (TPSA) is 52.3 Å². The molecule has 0 radical (unpaired) electrons. The van der Waals surface area contributed by atoms with E-state index in [4.69, 9.17) is 22.1 Å². The molecular formula is C14H11BrClNO2. The van der Waals surface area contributed by atoms with Gasteiger partial charge in [-0.1, -0.05) is 23.7 Å². The fourth-order valence-electron chi connectivity index (χ4n) is 1.57. The first-order valence-corrected chi connectivity index (χ1v) is 6.70. The molecule has 0 heterocycles. The van der Waals surface area contributed by atoms with Crippen LogP contribution in [0.2, 0.25) is 5.02 Å². The highest BCUT2D eigenvalue weighted by molar-refractivity contribution is 9.10. The lowest BCUT2D eigenvalue weighted by atomic mass is 10.1. The fourth-order valence-corrected chi connectivity index (χ4v) is 2.36. The molecule has 2 rings (SSSR count). The summed E-state index contributed by atoms with van der Waals surface area (Å²) >= 11 is 9.23. The van der Waals surface area contributed by atoms with Crippen LogP contribution in [0.5, 0.6) is 5.75 Å². The quantitative estimate of drug-likeness (QED) is 0.921. The van der Waals surface area contributed by atoms with E-state index in [-0.39, 0.29) is 0 Å². The van der Waals surface area contributed by atoms with Crippen molar-refractivity contribution in [2.75, 3.05) is 0 Å². The van der Waals surface area contributed by atoms with Crippen molar-refractivity contribution >= 4 is 33.4 Å². The Labute approximate surface area is 124 Å². The maximum Gasteiger partial charge on any atom is 0.248 e. The summed E-state index contributed by atoms with van der Waals surface area (Å²) in [6, 6.07) is 12.3. The third-order valence-corrected chi connectivity index (χ3v) is 3.35. The molecule has 98 valence electrons. The molecule has 5 heteroatoms. The molecule has 0 aromatic heterocycles. The standard InChI is InChI=1S/C14H11BrClNO2/c15-12-7-11(16)4-5-13(12)19-8-9-2-1-3-10(6-9)14(17)18/h1-7H,8H2,(H2,17,18). The van der Waals surface area contributed by atoms with E-state index in [9.17, 15) is 4.79 Å². The lowest BCUT2D eigenvalue weighted by Gasteiger charge is -2.09. The molecular weight excluding hydrogens is 330 g/mol. The van der Waals surface area contributed by atoms with Gasteiger partial charge < -0.3 is 10.5 Å². The Hall–Kier alpha value is -1.52. The highest BCUT2D eigenvalue weighted by atomic mass is 79.9. The SMILES string of the molecule is NC(=O)c1cccc(COc2ccc(Cl)cc2Br)c1. The first-order valence-electron chi connectivity index (χ1n) is 5.53. The third kappa shape index (κ3) is 3.72. The van der Waals surface area contributed by atoms with Crippen LogP contribution in [0, 0.1) is 0 Å². The number of primary amides is 1. The predicted octanol–water partition coefficient (Wildman–Crippen LogP) is 3.78. The van der Waals surface area contributed by atoms with Gasteiger partial charge in [-0.15, -0.1) is 0 Å². The zero-order valence-electron chi connectivity index (χ0n) is 9.90. The van der Waals surface area contributed by atoms with E-state index in [1.807, 2.05) is 6.07 Å². The molecule has 19 heavy (non-hydrogen) atoms. The third-order valence-electron chi connectivity index (χ3n) is 2.50. The van der Waals surface area contributed by atoms with Gasteiger partial charge in [0.25, 0.3) is 0 Å². The van der Waals surface area contributed by atoms with E-state index >= 15 is 0 Å². The van der Waals surface area contributed by atoms with E-state index in [1.54, 1.807) is 36.4 Å². The second kappa shape index (κ2) is 6.08. The number of halogens is 2. The summed E-state index contributed by atoms with van der Waals surface area (Å²) in [4.78, 5) is 11.1. The van der Waals surface area contributed by atoms with Gasteiger partial charge in [0.05, 0.1) is 4.47 Å². The average Bonchev–Trinajstić information content (AvgIpc) is 2.38. The summed E-state index contributed by atoms with van der Waals surface area (Å²) in [5.74, 6) is 0.239. The van der Waals surface area contributed by atoms with Gasteiger partial charge in [-0.2, -0.15) is 0 Å². The molecule has 1 amide bonds. The maximum atomic E-state index is 11.1. The van der Waals surface area contributed by atoms with Crippen molar-refractivity contribution in [3.8, 4) is 5.75 Å². The summed E-state index contributed by atoms with van der Waals surface area (Å²) in [6.45, 7) is 0.349. The molecule has 0 fully saturated rings. The lowest BCUT2D eigenvalue weighted by molar-refractivity contribution is 0.1000. The molecule has 0 saturated carbocycles. The number of rotatable bonds is 4. The van der Waals surface area contributed by atoms with Crippen LogP contribution in [-0.2, 0) is 6.61 Å². The number of hydrogen-bond acceptors (Lipinski definition) is 2. The number of ether oxygens (including phenoxy) is 1. The van der Waals surface area contributed by atoms with Crippen LogP contribution in [0.3, 0.4) is 0 Å². The van der Waals surface area contributed by atoms with Gasteiger partial charge in [-0.05, 0) is 51.8 Å². The molecule has 0 atom stereocenters. The van der Waals surface area contributed by atoms with Gasteiger partial charge in [0.15, 0.2) is 0 Å². The van der Waals surface area contributed by atoms with Crippen LogP contribution < -0.4 is 10.5 Å². The highest BCUT2D eigenvalue weighted by Crippen LogP contribution is 2.28. The van der Waals surface area contributed by atoms with Gasteiger partial charge in [-0.3, -0.25) is 4.79 Å². The molecule has 0 aliphatic rings. The number of benzene rings is 2. The minimum Gasteiger partial charge on any atom is -0.488 e. The smallest absolute Gasteiger partial charge is 0.248 e. The van der Waals surface area contributed by atoms with Gasteiger partial charge >= 0.3 is 0 Å². The average molecular weight is 341 g/mol. The van der Waals surface area contributed by atoms with E-state index in [1.165, 1.54) is 0 Å². The lowest BCUT2D eigenvalue weighted by Crippen LogP contribution is -2.11. The van der Waals surface area contributed by atoms with Crippen LogP contribution in [0.4, 0.5) is 0 Å². The Morgan fingerprint density at radius 3 is 2.74 bits per heavy atom. The number of nitrogens with two attached hydrogens (primary N) is 1. The number of amides is 1. The molecule has 2 N–H and O–H groups in total. The van der Waals surface area contributed by atoms with Crippen molar-refractivity contribution in [3.63, 3.8) is 0 Å². The minimum atomic E-state index is -0.450. The van der Waals surface area contributed by atoms with Crippen molar-refractivity contribution in [2.24, 2.45) is 5.73 Å². The summed E-state index contributed by atoms with van der Waals surface area (Å²) < 4.78 is 6.44. The zero-order valence-corrected chi connectivity index (χ0v) is 12.2. The normalized spacial score (nSPS) is 10.2. The van der Waals surface area contributed by atoms with E-state index < -0.39 is 5.91 Å². The van der Waals surface area contributed by atoms with Crippen LogP contribution in [0.1, 0.15) is 15.9 Å². The fraction of sp³-hybridized carbons (Fsp3) is 0.0714. The summed E-state index contributed by atoms with van der Waals surface area (Å²) in [5, 5.41) is 0.634. The Bertz CT molecular complexity index is 616. The molecule has 3 nitrogen and oxygen atoms in total. The Morgan fingerprint density at radius 1 is 1.26 bits per heavy atom. The zero-order chi connectivity index (χ0) is 13.8. The molecule has 0 aliphatic heterocycles. The van der Waals surface area contributed by atoms with E-state index in [0.29, 0.717) is 22.9 Å². The Balaban J connectivity index is 2.10. The van der Waals surface area contributed by atoms with Gasteiger partial charge in [0, 0.05) is 10.6 Å². The molecule has 0 aliphatic carbocycles. The molecule has 0 unspecified atom stereocenters. The van der Waals surface area contributed by atoms with Crippen molar-refractivity contribution in [1.82, 2.24) is 0 Å². The first-order chi connectivity index (χ1) is 9.06. The van der Waals surface area contributed by atoms with Crippen LogP contribution in [0.25, 0.3) is 0 Å². The maximum absolute atomic E-state index is 11.1. The monoisotopic (exact) mass is 339 g/mol. The number of hydrogen-bond donors (Lipinski definition) is 1. The molecule has 0 saturated heterocycles. The summed E-state index contributed by atoms with van der Waals surface area (Å²) in [6.07, 6.45) is 0. The van der Waals surface area contributed by atoms with Crippen molar-refractivity contribution in [1.29, 1.82) is 0 Å². The van der Waals surface area contributed by atoms with Crippen LogP contribution >= 0.6 is 27.5 Å². The first kappa shape index (κ1) is 13.9. The number of carbonyl (C=O) groups is 1. The van der Waals surface area contributed by atoms with E-state index in [0.717, 1.165) is 10.0 Å². The molecule has 0 bridgehead atoms. The molecule has 2 aromatic rings. The van der Waals surface area contributed by atoms with Gasteiger partial charge in [0.2, 0.25) is 5.91 Å². The number of carbonyl (C=O) groups excluding carboxylic acids is 1.